The highest BCUT2D eigenvalue weighted by Gasteiger charge is 2.28. The van der Waals surface area contributed by atoms with Gasteiger partial charge in [0.1, 0.15) is 11.6 Å². The van der Waals surface area contributed by atoms with E-state index in [1.807, 2.05) is 0 Å². The summed E-state index contributed by atoms with van der Waals surface area (Å²) in [6.45, 7) is 1.37. The first kappa shape index (κ1) is 20.5. The van der Waals surface area contributed by atoms with Crippen LogP contribution in [0, 0.1) is 11.7 Å². The van der Waals surface area contributed by atoms with E-state index in [1.54, 1.807) is 35.2 Å². The van der Waals surface area contributed by atoms with Gasteiger partial charge in [0, 0.05) is 19.0 Å². The van der Waals surface area contributed by atoms with Gasteiger partial charge in [0.25, 0.3) is 5.91 Å². The number of rotatable bonds is 4. The number of amidine groups is 1. The Hall–Kier alpha value is -2.82. The largest absolute Gasteiger partial charge is 0.492 e. The van der Waals surface area contributed by atoms with Gasteiger partial charge in [0.05, 0.1) is 23.4 Å². The number of nitrogens with two attached hydrogens (primary N) is 1. The zero-order valence-corrected chi connectivity index (χ0v) is 16.9. The number of likely N-dealkylation sites (tertiary alicyclic amines) is 1. The Morgan fingerprint density at radius 1 is 1.30 bits per heavy atom. The van der Waals surface area contributed by atoms with E-state index in [4.69, 9.17) is 10.5 Å². The van der Waals surface area contributed by atoms with Crippen LogP contribution >= 0.6 is 11.0 Å². The first-order chi connectivity index (χ1) is 14.3. The van der Waals surface area contributed by atoms with Gasteiger partial charge >= 0.3 is 0 Å². The van der Waals surface area contributed by atoms with E-state index in [1.165, 1.54) is 12.1 Å². The molecule has 0 saturated carbocycles. The number of ether oxygens (including phenoxy) is 1. The van der Waals surface area contributed by atoms with Gasteiger partial charge in [-0.2, -0.15) is 0 Å². The van der Waals surface area contributed by atoms with Crippen molar-refractivity contribution in [1.82, 2.24) is 4.90 Å². The SMILES string of the molecule is NC1=NS(O)(O)Nc2cccc(OC[C@H]3CCCN(C(=O)c4ccccc4F)C3)c21. The first-order valence-corrected chi connectivity index (χ1v) is 11.1. The second-order valence-corrected chi connectivity index (χ2v) is 8.75. The fraction of sp³-hybridized carbons (Fsp3) is 0.300. The highest BCUT2D eigenvalue weighted by atomic mass is 32.3. The molecule has 0 aromatic heterocycles. The standard InChI is InChI=1S/C20H23FN4O4S/c21-15-7-2-1-6-14(15)20(26)25-10-4-5-13(11-25)12-29-17-9-3-8-16-18(17)19(22)24-30(27,28)23-16/h1-3,6-9,13,23,27-28H,4-5,10-12H2,(H2,22,24)/t13-/m0/s1. The third-order valence-electron chi connectivity index (χ3n) is 5.14. The van der Waals surface area contributed by atoms with Crippen LogP contribution in [-0.4, -0.2) is 45.4 Å². The molecule has 1 saturated heterocycles. The molecule has 0 aliphatic carbocycles. The van der Waals surface area contributed by atoms with E-state index in [2.05, 4.69) is 9.12 Å². The summed E-state index contributed by atoms with van der Waals surface area (Å²) < 4.78 is 45.7. The van der Waals surface area contributed by atoms with Crippen LogP contribution in [0.2, 0.25) is 0 Å². The van der Waals surface area contributed by atoms with Crippen molar-refractivity contribution in [1.29, 1.82) is 0 Å². The van der Waals surface area contributed by atoms with Crippen molar-refractivity contribution in [2.45, 2.75) is 12.8 Å². The second kappa shape index (κ2) is 8.13. The predicted octanol–water partition coefficient (Wildman–Crippen LogP) is 3.47. The number of hydrogen-bond acceptors (Lipinski definition) is 7. The maximum absolute atomic E-state index is 14.0. The molecule has 2 aliphatic heterocycles. The number of carbonyl (C=O) groups is 1. The van der Waals surface area contributed by atoms with Gasteiger partial charge in [0.2, 0.25) is 0 Å². The molecule has 1 amide bonds. The van der Waals surface area contributed by atoms with Gasteiger partial charge in [-0.25, -0.2) is 4.39 Å². The molecule has 2 aromatic rings. The number of halogens is 1. The van der Waals surface area contributed by atoms with E-state index in [0.717, 1.165) is 12.8 Å². The molecule has 1 fully saturated rings. The lowest BCUT2D eigenvalue weighted by molar-refractivity contribution is 0.0629. The van der Waals surface area contributed by atoms with Crippen molar-refractivity contribution in [3.05, 3.63) is 59.4 Å². The molecule has 160 valence electrons. The lowest BCUT2D eigenvalue weighted by atomic mass is 9.98. The number of carbonyl (C=O) groups excluding carboxylic acids is 1. The van der Waals surface area contributed by atoms with Crippen molar-refractivity contribution in [3.63, 3.8) is 0 Å². The molecule has 10 heteroatoms. The zero-order valence-electron chi connectivity index (χ0n) is 16.1. The smallest absolute Gasteiger partial charge is 0.256 e. The summed E-state index contributed by atoms with van der Waals surface area (Å²) >= 11 is 0. The maximum atomic E-state index is 14.0. The number of anilines is 1. The van der Waals surface area contributed by atoms with Gasteiger partial charge < -0.3 is 15.4 Å². The molecular weight excluding hydrogens is 411 g/mol. The number of fused-ring (bicyclic) bond motifs is 1. The minimum Gasteiger partial charge on any atom is -0.492 e. The van der Waals surface area contributed by atoms with Crippen LogP contribution in [0.5, 0.6) is 5.75 Å². The molecule has 2 aliphatic rings. The summed E-state index contributed by atoms with van der Waals surface area (Å²) in [5.74, 6) is -0.320. The monoisotopic (exact) mass is 434 g/mol. The van der Waals surface area contributed by atoms with Crippen LogP contribution in [-0.2, 0) is 0 Å². The van der Waals surface area contributed by atoms with Crippen molar-refractivity contribution in [2.24, 2.45) is 16.0 Å². The number of hydrogen-bond donors (Lipinski definition) is 4. The molecule has 8 nitrogen and oxygen atoms in total. The zero-order chi connectivity index (χ0) is 21.3. The first-order valence-electron chi connectivity index (χ1n) is 9.55. The molecule has 2 heterocycles. The Labute approximate surface area is 175 Å². The lowest BCUT2D eigenvalue weighted by Gasteiger charge is -2.34. The summed E-state index contributed by atoms with van der Waals surface area (Å²) in [7, 11) is -3.36. The number of nitrogens with one attached hydrogen (secondary N) is 1. The molecule has 30 heavy (non-hydrogen) atoms. The van der Waals surface area contributed by atoms with Crippen LogP contribution < -0.4 is 15.2 Å². The number of amides is 1. The minimum atomic E-state index is -3.36. The van der Waals surface area contributed by atoms with E-state index in [0.29, 0.717) is 36.7 Å². The van der Waals surface area contributed by atoms with Crippen molar-refractivity contribution < 1.29 is 23.0 Å². The Morgan fingerprint density at radius 3 is 2.90 bits per heavy atom. The Balaban J connectivity index is 1.44. The predicted molar refractivity (Wildman–Crippen MR) is 114 cm³/mol. The highest BCUT2D eigenvalue weighted by Crippen LogP contribution is 2.46. The number of benzene rings is 2. The van der Waals surface area contributed by atoms with Gasteiger partial charge in [-0.1, -0.05) is 18.2 Å². The van der Waals surface area contributed by atoms with Gasteiger partial charge in [-0.15, -0.1) is 4.40 Å². The molecule has 0 spiro atoms. The van der Waals surface area contributed by atoms with Gasteiger partial charge in [-0.05, 0) is 48.1 Å². The Morgan fingerprint density at radius 2 is 2.10 bits per heavy atom. The van der Waals surface area contributed by atoms with Crippen molar-refractivity contribution >= 4 is 28.4 Å². The average Bonchev–Trinajstić information content (AvgIpc) is 2.71. The normalized spacial score (nSPS) is 21.1. The fourth-order valence-corrected chi connectivity index (χ4v) is 4.63. The van der Waals surface area contributed by atoms with Crippen LogP contribution in [0.1, 0.15) is 28.8 Å². The van der Waals surface area contributed by atoms with Gasteiger partial charge in [0.15, 0.2) is 5.84 Å². The lowest BCUT2D eigenvalue weighted by Crippen LogP contribution is -2.42. The molecule has 1 atom stereocenters. The van der Waals surface area contributed by atoms with E-state index >= 15 is 0 Å². The summed E-state index contributed by atoms with van der Waals surface area (Å²) in [6, 6.07) is 11.1. The molecule has 5 N–H and O–H groups in total. The molecule has 4 rings (SSSR count). The summed E-state index contributed by atoms with van der Waals surface area (Å²) in [5, 5.41) is 0. The molecule has 0 radical (unpaired) electrons. The quantitative estimate of drug-likeness (QED) is 0.585. The second-order valence-electron chi connectivity index (χ2n) is 7.33. The molecule has 0 bridgehead atoms. The summed E-state index contributed by atoms with van der Waals surface area (Å²) in [4.78, 5) is 14.4. The van der Waals surface area contributed by atoms with Crippen molar-refractivity contribution in [3.8, 4) is 5.75 Å². The minimum absolute atomic E-state index is 0.0145. The number of nitrogens with zero attached hydrogens (tertiary/aromatic N) is 2. The maximum Gasteiger partial charge on any atom is 0.256 e. The third-order valence-corrected chi connectivity index (χ3v) is 6.08. The van der Waals surface area contributed by atoms with Crippen LogP contribution in [0.4, 0.5) is 10.1 Å². The third kappa shape index (κ3) is 4.20. The number of piperidine rings is 1. The fourth-order valence-electron chi connectivity index (χ4n) is 3.75. The molecule has 0 unspecified atom stereocenters. The van der Waals surface area contributed by atoms with E-state index in [-0.39, 0.29) is 23.2 Å². The summed E-state index contributed by atoms with van der Waals surface area (Å²) in [5.41, 5.74) is 6.89. The molecule has 2 aromatic carbocycles. The van der Waals surface area contributed by atoms with E-state index in [9.17, 15) is 18.3 Å². The Bertz CT molecular complexity index is 1000. The average molecular weight is 434 g/mol. The summed E-state index contributed by atoms with van der Waals surface area (Å²) in [6.07, 6.45) is 1.67. The Kier molecular flexibility index (Phi) is 5.54. The molecular formula is C20H23FN4O4S. The topological polar surface area (TPSA) is 120 Å². The van der Waals surface area contributed by atoms with E-state index < -0.39 is 16.8 Å². The highest BCUT2D eigenvalue weighted by molar-refractivity contribution is 8.24. The van der Waals surface area contributed by atoms with Crippen LogP contribution in [0.15, 0.2) is 46.9 Å². The van der Waals surface area contributed by atoms with Gasteiger partial charge in [-0.3, -0.25) is 18.6 Å². The van der Waals surface area contributed by atoms with Crippen LogP contribution in [0.25, 0.3) is 0 Å². The van der Waals surface area contributed by atoms with Crippen LogP contribution in [0.3, 0.4) is 0 Å². The van der Waals surface area contributed by atoms with Crippen molar-refractivity contribution in [2.75, 3.05) is 24.4 Å².